The molecular formula is C17H17FN2O5. The molecule has 0 bridgehead atoms. The molecule has 1 N–H and O–H groups in total. The lowest BCUT2D eigenvalue weighted by Gasteiger charge is -2.11. The Kier molecular flexibility index (Phi) is 6.27. The first-order valence-electron chi connectivity index (χ1n) is 7.55. The number of benzene rings is 2. The Morgan fingerprint density at radius 1 is 1.28 bits per heavy atom. The summed E-state index contributed by atoms with van der Waals surface area (Å²) in [6.45, 7) is 1.70. The van der Waals surface area contributed by atoms with E-state index in [1.165, 1.54) is 24.3 Å². The lowest BCUT2D eigenvalue weighted by atomic mass is 10.1. The number of ether oxygens (including phenoxy) is 2. The molecule has 0 unspecified atom stereocenters. The van der Waals surface area contributed by atoms with Crippen LogP contribution in [-0.2, 0) is 16.1 Å². The van der Waals surface area contributed by atoms with Crippen LogP contribution in [-0.4, -0.2) is 24.1 Å². The van der Waals surface area contributed by atoms with E-state index in [4.69, 9.17) is 9.47 Å². The van der Waals surface area contributed by atoms with Gasteiger partial charge in [0, 0.05) is 24.2 Å². The van der Waals surface area contributed by atoms with Gasteiger partial charge in [0.05, 0.1) is 17.2 Å². The SMILES string of the molecule is CCOC(=O)COc1ccc(F)c(NCc2ccccc2[N+](=O)[O-])c1. The maximum absolute atomic E-state index is 13.9. The van der Waals surface area contributed by atoms with Gasteiger partial charge in [-0.05, 0) is 19.1 Å². The van der Waals surface area contributed by atoms with Crippen molar-refractivity contribution in [2.24, 2.45) is 0 Å². The molecule has 0 heterocycles. The number of nitrogens with one attached hydrogen (secondary N) is 1. The van der Waals surface area contributed by atoms with Gasteiger partial charge in [-0.15, -0.1) is 0 Å². The Morgan fingerprint density at radius 3 is 2.76 bits per heavy atom. The van der Waals surface area contributed by atoms with Crippen LogP contribution < -0.4 is 10.1 Å². The van der Waals surface area contributed by atoms with E-state index in [-0.39, 0.29) is 36.9 Å². The minimum atomic E-state index is -0.540. The summed E-state index contributed by atoms with van der Waals surface area (Å²) in [5, 5.41) is 13.8. The highest BCUT2D eigenvalue weighted by Crippen LogP contribution is 2.24. The van der Waals surface area contributed by atoms with E-state index < -0.39 is 16.7 Å². The molecule has 25 heavy (non-hydrogen) atoms. The Morgan fingerprint density at radius 2 is 2.04 bits per heavy atom. The van der Waals surface area contributed by atoms with Gasteiger partial charge in [-0.1, -0.05) is 18.2 Å². The number of halogens is 1. The fourth-order valence-corrected chi connectivity index (χ4v) is 2.10. The van der Waals surface area contributed by atoms with E-state index in [0.717, 1.165) is 0 Å². The average molecular weight is 348 g/mol. The highest BCUT2D eigenvalue weighted by Gasteiger charge is 2.13. The number of carbonyl (C=O) groups is 1. The molecule has 0 radical (unpaired) electrons. The van der Waals surface area contributed by atoms with Crippen molar-refractivity contribution in [3.05, 3.63) is 64.0 Å². The molecule has 8 heteroatoms. The maximum atomic E-state index is 13.9. The third kappa shape index (κ3) is 5.17. The third-order valence-electron chi connectivity index (χ3n) is 3.26. The van der Waals surface area contributed by atoms with E-state index in [0.29, 0.717) is 5.56 Å². The summed E-state index contributed by atoms with van der Waals surface area (Å²) in [6, 6.07) is 10.1. The molecule has 0 saturated carbocycles. The highest BCUT2D eigenvalue weighted by molar-refractivity contribution is 5.71. The number of rotatable bonds is 8. The molecule has 0 aliphatic rings. The van der Waals surface area contributed by atoms with Crippen LogP contribution in [0.3, 0.4) is 0 Å². The molecule has 0 atom stereocenters. The monoisotopic (exact) mass is 348 g/mol. The van der Waals surface area contributed by atoms with E-state index in [1.807, 2.05) is 0 Å². The van der Waals surface area contributed by atoms with Crippen LogP contribution in [0.15, 0.2) is 42.5 Å². The second-order valence-electron chi connectivity index (χ2n) is 4.97. The molecule has 0 aliphatic heterocycles. The summed E-state index contributed by atoms with van der Waals surface area (Å²) >= 11 is 0. The van der Waals surface area contributed by atoms with Crippen molar-refractivity contribution >= 4 is 17.3 Å². The Balaban J connectivity index is 2.06. The van der Waals surface area contributed by atoms with Crippen molar-refractivity contribution in [1.29, 1.82) is 0 Å². The summed E-state index contributed by atoms with van der Waals surface area (Å²) < 4.78 is 23.9. The number of para-hydroxylation sites is 1. The number of hydrogen-bond donors (Lipinski definition) is 1. The minimum absolute atomic E-state index is 0.0508. The van der Waals surface area contributed by atoms with Crippen molar-refractivity contribution < 1.29 is 23.6 Å². The number of carbonyl (C=O) groups excluding carboxylic acids is 1. The predicted molar refractivity (Wildman–Crippen MR) is 89.0 cm³/mol. The molecule has 132 valence electrons. The second kappa shape index (κ2) is 8.62. The fraction of sp³-hybridized carbons (Fsp3) is 0.235. The Hall–Kier alpha value is -3.16. The van der Waals surface area contributed by atoms with Gasteiger partial charge < -0.3 is 14.8 Å². The average Bonchev–Trinajstić information content (AvgIpc) is 2.60. The zero-order valence-corrected chi connectivity index (χ0v) is 13.5. The zero-order chi connectivity index (χ0) is 18.2. The zero-order valence-electron chi connectivity index (χ0n) is 13.5. The number of hydrogen-bond acceptors (Lipinski definition) is 6. The normalized spacial score (nSPS) is 10.2. The first-order valence-corrected chi connectivity index (χ1v) is 7.55. The number of nitro benzene ring substituents is 1. The summed E-state index contributed by atoms with van der Waals surface area (Å²) in [6.07, 6.45) is 0. The van der Waals surface area contributed by atoms with E-state index in [2.05, 4.69) is 5.32 Å². The van der Waals surface area contributed by atoms with E-state index in [1.54, 1.807) is 25.1 Å². The predicted octanol–water partition coefficient (Wildman–Crippen LogP) is 3.29. The van der Waals surface area contributed by atoms with Gasteiger partial charge in [0.1, 0.15) is 11.6 Å². The molecule has 2 aromatic rings. The molecule has 0 aromatic heterocycles. The summed E-state index contributed by atoms with van der Waals surface area (Å²) in [5.74, 6) is -0.789. The largest absolute Gasteiger partial charge is 0.482 e. The molecule has 2 aromatic carbocycles. The van der Waals surface area contributed by atoms with E-state index >= 15 is 0 Å². The molecule has 0 amide bonds. The summed E-state index contributed by atoms with van der Waals surface area (Å²) in [5.41, 5.74) is 0.481. The molecule has 2 rings (SSSR count). The van der Waals surface area contributed by atoms with Crippen LogP contribution in [0.25, 0.3) is 0 Å². The minimum Gasteiger partial charge on any atom is -0.482 e. The molecular weight excluding hydrogens is 331 g/mol. The van der Waals surface area contributed by atoms with Crippen LogP contribution in [0.4, 0.5) is 15.8 Å². The van der Waals surface area contributed by atoms with Gasteiger partial charge in [-0.2, -0.15) is 0 Å². The molecule has 0 aliphatic carbocycles. The smallest absolute Gasteiger partial charge is 0.344 e. The van der Waals surface area contributed by atoms with Gasteiger partial charge >= 0.3 is 5.97 Å². The Labute approximate surface area is 143 Å². The molecule has 0 saturated heterocycles. The van der Waals surface area contributed by atoms with E-state index in [9.17, 15) is 19.3 Å². The summed E-state index contributed by atoms with van der Waals surface area (Å²) in [7, 11) is 0. The highest BCUT2D eigenvalue weighted by atomic mass is 19.1. The number of nitrogens with zero attached hydrogens (tertiary/aromatic N) is 1. The number of nitro groups is 1. The lowest BCUT2D eigenvalue weighted by Crippen LogP contribution is -2.14. The Bertz CT molecular complexity index is 766. The van der Waals surface area contributed by atoms with Crippen LogP contribution in [0.1, 0.15) is 12.5 Å². The number of anilines is 1. The standard InChI is InChI=1S/C17H17FN2O5/c1-2-24-17(21)11-25-13-7-8-14(18)15(9-13)19-10-12-5-3-4-6-16(12)20(22)23/h3-9,19H,2,10-11H2,1H3. The first kappa shape index (κ1) is 18.2. The van der Waals surface area contributed by atoms with Gasteiger partial charge in [0.15, 0.2) is 6.61 Å². The van der Waals surface area contributed by atoms with Gasteiger partial charge in [0.2, 0.25) is 0 Å². The molecule has 0 fully saturated rings. The van der Waals surface area contributed by atoms with Crippen LogP contribution in [0.5, 0.6) is 5.75 Å². The first-order chi connectivity index (χ1) is 12.0. The van der Waals surface area contributed by atoms with Crippen molar-refractivity contribution in [3.8, 4) is 5.75 Å². The van der Waals surface area contributed by atoms with Crippen LogP contribution in [0.2, 0.25) is 0 Å². The second-order valence-corrected chi connectivity index (χ2v) is 4.97. The van der Waals surface area contributed by atoms with Crippen molar-refractivity contribution in [1.82, 2.24) is 0 Å². The van der Waals surface area contributed by atoms with Crippen molar-refractivity contribution in [2.45, 2.75) is 13.5 Å². The van der Waals surface area contributed by atoms with Gasteiger partial charge in [0.25, 0.3) is 5.69 Å². The van der Waals surface area contributed by atoms with Crippen LogP contribution in [0, 0.1) is 15.9 Å². The quantitative estimate of drug-likeness (QED) is 0.447. The molecule has 0 spiro atoms. The maximum Gasteiger partial charge on any atom is 0.344 e. The van der Waals surface area contributed by atoms with Gasteiger partial charge in [-0.3, -0.25) is 10.1 Å². The number of esters is 1. The third-order valence-corrected chi connectivity index (χ3v) is 3.26. The van der Waals surface area contributed by atoms with Crippen molar-refractivity contribution in [3.63, 3.8) is 0 Å². The van der Waals surface area contributed by atoms with Gasteiger partial charge in [-0.25, -0.2) is 9.18 Å². The molecule has 7 nitrogen and oxygen atoms in total. The topological polar surface area (TPSA) is 90.7 Å². The fourth-order valence-electron chi connectivity index (χ4n) is 2.10. The summed E-state index contributed by atoms with van der Waals surface area (Å²) in [4.78, 5) is 21.8. The van der Waals surface area contributed by atoms with Crippen LogP contribution >= 0.6 is 0 Å². The van der Waals surface area contributed by atoms with Crippen molar-refractivity contribution in [2.75, 3.05) is 18.5 Å². The lowest BCUT2D eigenvalue weighted by molar-refractivity contribution is -0.385.